The summed E-state index contributed by atoms with van der Waals surface area (Å²) in [6.45, 7) is -0.148. The van der Waals surface area contributed by atoms with Gasteiger partial charge in [-0.3, -0.25) is 5.41 Å². The smallest absolute Gasteiger partial charge is 0.441 e. The Hall–Kier alpha value is -1.08. The number of benzene rings is 1. The van der Waals surface area contributed by atoms with E-state index in [4.69, 9.17) is 27.5 Å². The first kappa shape index (κ1) is 15.0. The number of ether oxygens (including phenoxy) is 1. The van der Waals surface area contributed by atoms with Crippen molar-refractivity contribution < 1.29 is 17.9 Å². The van der Waals surface area contributed by atoms with E-state index in [2.05, 4.69) is 0 Å². The third-order valence-electron chi connectivity index (χ3n) is 1.85. The lowest BCUT2D eigenvalue weighted by molar-refractivity contribution is -0.0329. The number of hydrogen-bond acceptors (Lipinski definition) is 3. The van der Waals surface area contributed by atoms with E-state index in [0.29, 0.717) is 0 Å². The molecule has 8 heteroatoms. The maximum absolute atomic E-state index is 11.9. The highest BCUT2D eigenvalue weighted by molar-refractivity contribution is 8.00. The summed E-state index contributed by atoms with van der Waals surface area (Å²) < 4.78 is 40.8. The summed E-state index contributed by atoms with van der Waals surface area (Å²) in [6, 6.07) is 4.59. The Balaban J connectivity index is 2.63. The average molecular weight is 299 g/mol. The zero-order valence-electron chi connectivity index (χ0n) is 9.05. The molecule has 0 atom stereocenters. The summed E-state index contributed by atoms with van der Waals surface area (Å²) in [5, 5.41) is 7.55. The lowest BCUT2D eigenvalue weighted by Gasteiger charge is -2.12. The van der Waals surface area contributed by atoms with Crippen LogP contribution < -0.4 is 10.5 Å². The zero-order chi connectivity index (χ0) is 13.8. The SMILES string of the molecule is N=C(N)c1c(Cl)cccc1OCCSC(F)(F)F. The number of thioether (sulfide) groups is 1. The van der Waals surface area contributed by atoms with Crippen molar-refractivity contribution in [1.29, 1.82) is 5.41 Å². The van der Waals surface area contributed by atoms with Crippen LogP contribution in [-0.4, -0.2) is 23.7 Å². The summed E-state index contributed by atoms with van der Waals surface area (Å²) in [4.78, 5) is 0. The van der Waals surface area contributed by atoms with Crippen LogP contribution >= 0.6 is 23.4 Å². The van der Waals surface area contributed by atoms with Gasteiger partial charge < -0.3 is 10.5 Å². The standard InChI is InChI=1S/C10H10ClF3N2OS/c11-6-2-1-3-7(8(6)9(15)16)17-4-5-18-10(12,13)14/h1-3H,4-5H2,(H3,15,16). The topological polar surface area (TPSA) is 59.1 Å². The minimum atomic E-state index is -4.28. The number of amidine groups is 1. The molecule has 100 valence electrons. The molecule has 0 bridgehead atoms. The van der Waals surface area contributed by atoms with Crippen LogP contribution in [0.4, 0.5) is 13.2 Å². The number of nitrogens with one attached hydrogen (secondary N) is 1. The highest BCUT2D eigenvalue weighted by Crippen LogP contribution is 2.30. The quantitative estimate of drug-likeness (QED) is 0.498. The zero-order valence-corrected chi connectivity index (χ0v) is 10.6. The highest BCUT2D eigenvalue weighted by Gasteiger charge is 2.27. The van der Waals surface area contributed by atoms with Gasteiger partial charge in [0.1, 0.15) is 11.6 Å². The molecule has 0 heterocycles. The van der Waals surface area contributed by atoms with E-state index in [-0.39, 0.29) is 46.3 Å². The molecule has 0 radical (unpaired) electrons. The Morgan fingerprint density at radius 2 is 2.11 bits per heavy atom. The molecular formula is C10H10ClF3N2OS. The second-order valence-electron chi connectivity index (χ2n) is 3.17. The molecule has 0 unspecified atom stereocenters. The van der Waals surface area contributed by atoms with Crippen LogP contribution in [0.15, 0.2) is 18.2 Å². The van der Waals surface area contributed by atoms with Crippen LogP contribution in [0, 0.1) is 5.41 Å². The predicted octanol–water partition coefficient (Wildman–Crippen LogP) is 3.26. The molecule has 0 saturated heterocycles. The molecule has 0 aliphatic rings. The van der Waals surface area contributed by atoms with E-state index in [9.17, 15) is 13.2 Å². The monoisotopic (exact) mass is 298 g/mol. The molecular weight excluding hydrogens is 289 g/mol. The van der Waals surface area contributed by atoms with E-state index in [1.165, 1.54) is 12.1 Å². The van der Waals surface area contributed by atoms with Gasteiger partial charge in [-0.2, -0.15) is 13.2 Å². The normalized spacial score (nSPS) is 11.3. The van der Waals surface area contributed by atoms with Crippen LogP contribution in [0.25, 0.3) is 0 Å². The lowest BCUT2D eigenvalue weighted by Crippen LogP contribution is -2.15. The molecule has 0 fully saturated rings. The van der Waals surface area contributed by atoms with Crippen molar-refractivity contribution in [3.8, 4) is 5.75 Å². The molecule has 1 aromatic carbocycles. The first-order valence-electron chi connectivity index (χ1n) is 4.77. The van der Waals surface area contributed by atoms with E-state index in [1.54, 1.807) is 6.07 Å². The summed E-state index contributed by atoms with van der Waals surface area (Å²) in [7, 11) is 0. The van der Waals surface area contributed by atoms with Crippen LogP contribution in [0.3, 0.4) is 0 Å². The van der Waals surface area contributed by atoms with Crippen LogP contribution in [-0.2, 0) is 0 Å². The fraction of sp³-hybridized carbons (Fsp3) is 0.300. The second kappa shape index (κ2) is 6.19. The van der Waals surface area contributed by atoms with E-state index < -0.39 is 5.51 Å². The summed E-state index contributed by atoms with van der Waals surface area (Å²) in [6.07, 6.45) is 0. The lowest BCUT2D eigenvalue weighted by atomic mass is 10.2. The molecule has 1 rings (SSSR count). The number of nitrogen functional groups attached to an aromatic ring is 1. The Bertz CT molecular complexity index is 440. The first-order valence-corrected chi connectivity index (χ1v) is 6.14. The van der Waals surface area contributed by atoms with Crippen LogP contribution in [0.5, 0.6) is 5.75 Å². The Morgan fingerprint density at radius 3 is 2.67 bits per heavy atom. The maximum atomic E-state index is 11.9. The molecule has 0 spiro atoms. The van der Waals surface area contributed by atoms with Crippen molar-refractivity contribution in [2.24, 2.45) is 5.73 Å². The van der Waals surface area contributed by atoms with Crippen molar-refractivity contribution in [2.45, 2.75) is 5.51 Å². The third kappa shape index (κ3) is 4.66. The summed E-state index contributed by atoms with van der Waals surface area (Å²) in [5.41, 5.74) is 1.24. The number of halogens is 4. The van der Waals surface area contributed by atoms with Gasteiger partial charge in [0.2, 0.25) is 0 Å². The predicted molar refractivity (Wildman–Crippen MR) is 66.5 cm³/mol. The third-order valence-corrected chi connectivity index (χ3v) is 2.86. The molecule has 18 heavy (non-hydrogen) atoms. The summed E-state index contributed by atoms with van der Waals surface area (Å²) >= 11 is 5.65. The molecule has 3 N–H and O–H groups in total. The Morgan fingerprint density at radius 1 is 1.44 bits per heavy atom. The number of rotatable bonds is 5. The van der Waals surface area contributed by atoms with Crippen molar-refractivity contribution in [2.75, 3.05) is 12.4 Å². The molecule has 1 aromatic rings. The number of alkyl halides is 3. The van der Waals surface area contributed by atoms with Crippen molar-refractivity contribution in [3.63, 3.8) is 0 Å². The van der Waals surface area contributed by atoms with E-state index in [0.717, 1.165) is 0 Å². The Kier molecular flexibility index (Phi) is 5.15. The van der Waals surface area contributed by atoms with Crippen LogP contribution in [0.2, 0.25) is 5.02 Å². The van der Waals surface area contributed by atoms with Gasteiger partial charge >= 0.3 is 5.51 Å². The molecule has 0 saturated carbocycles. The van der Waals surface area contributed by atoms with Crippen molar-refractivity contribution >= 4 is 29.2 Å². The van der Waals surface area contributed by atoms with Gasteiger partial charge in [-0.15, -0.1) is 0 Å². The van der Waals surface area contributed by atoms with Gasteiger partial charge in [0.05, 0.1) is 17.2 Å². The maximum Gasteiger partial charge on any atom is 0.441 e. The minimum Gasteiger partial charge on any atom is -0.492 e. The van der Waals surface area contributed by atoms with Gasteiger partial charge in [-0.1, -0.05) is 17.7 Å². The summed E-state index contributed by atoms with van der Waals surface area (Å²) in [5.74, 6) is -0.329. The number of hydrogen-bond donors (Lipinski definition) is 2. The number of nitrogens with two attached hydrogens (primary N) is 1. The first-order chi connectivity index (χ1) is 8.31. The van der Waals surface area contributed by atoms with E-state index in [1.807, 2.05) is 0 Å². The largest absolute Gasteiger partial charge is 0.492 e. The highest BCUT2D eigenvalue weighted by atomic mass is 35.5. The Labute approximate surface area is 111 Å². The second-order valence-corrected chi connectivity index (χ2v) is 4.74. The van der Waals surface area contributed by atoms with Crippen molar-refractivity contribution in [1.82, 2.24) is 0 Å². The van der Waals surface area contributed by atoms with Gasteiger partial charge in [0.15, 0.2) is 0 Å². The minimum absolute atomic E-state index is 0.148. The van der Waals surface area contributed by atoms with Gasteiger partial charge in [-0.25, -0.2) is 0 Å². The van der Waals surface area contributed by atoms with Gasteiger partial charge in [0.25, 0.3) is 0 Å². The fourth-order valence-corrected chi connectivity index (χ4v) is 1.86. The van der Waals surface area contributed by atoms with Gasteiger partial charge in [0, 0.05) is 5.75 Å². The fourth-order valence-electron chi connectivity index (χ4n) is 1.20. The molecule has 3 nitrogen and oxygen atoms in total. The molecule has 0 aromatic heterocycles. The molecule has 0 aliphatic heterocycles. The molecule has 0 aliphatic carbocycles. The molecule has 0 amide bonds. The van der Waals surface area contributed by atoms with Gasteiger partial charge in [-0.05, 0) is 23.9 Å². The van der Waals surface area contributed by atoms with E-state index >= 15 is 0 Å². The van der Waals surface area contributed by atoms with Crippen molar-refractivity contribution in [3.05, 3.63) is 28.8 Å². The van der Waals surface area contributed by atoms with Crippen LogP contribution in [0.1, 0.15) is 5.56 Å². The average Bonchev–Trinajstić information content (AvgIpc) is 2.22.